The highest BCUT2D eigenvalue weighted by Crippen LogP contribution is 2.11. The summed E-state index contributed by atoms with van der Waals surface area (Å²) in [5, 5.41) is 11.5. The summed E-state index contributed by atoms with van der Waals surface area (Å²) in [6.07, 6.45) is 1.47. The molecule has 0 fully saturated rings. The molecule has 0 aliphatic rings. The van der Waals surface area contributed by atoms with Gasteiger partial charge >= 0.3 is 12.0 Å². The Balaban J connectivity index is 2.11. The molecule has 1 aromatic carbocycles. The van der Waals surface area contributed by atoms with Crippen LogP contribution in [0.5, 0.6) is 5.75 Å². The van der Waals surface area contributed by atoms with Gasteiger partial charge in [-0.3, -0.25) is 4.79 Å². The van der Waals surface area contributed by atoms with Gasteiger partial charge in [-0.1, -0.05) is 6.92 Å². The zero-order valence-electron chi connectivity index (χ0n) is 13.4. The number of carboxylic acids is 1. The molecule has 1 aromatic rings. The maximum absolute atomic E-state index is 12.7. The summed E-state index contributed by atoms with van der Waals surface area (Å²) in [6.45, 7) is 2.68. The third-order valence-corrected chi connectivity index (χ3v) is 3.25. The Kier molecular flexibility index (Phi) is 7.87. The number of ether oxygens (including phenoxy) is 1. The van der Waals surface area contributed by atoms with Crippen molar-refractivity contribution in [3.8, 4) is 5.75 Å². The third-order valence-electron chi connectivity index (χ3n) is 3.25. The lowest BCUT2D eigenvalue weighted by Crippen LogP contribution is -2.41. The number of rotatable bonds is 9. The van der Waals surface area contributed by atoms with Crippen molar-refractivity contribution in [2.75, 3.05) is 26.7 Å². The molecule has 128 valence electrons. The predicted molar refractivity (Wildman–Crippen MR) is 84.0 cm³/mol. The van der Waals surface area contributed by atoms with Crippen LogP contribution in [0.1, 0.15) is 19.8 Å². The number of carbonyl (C=O) groups is 2. The summed E-state index contributed by atoms with van der Waals surface area (Å²) in [7, 11) is 1.56. The Labute approximate surface area is 135 Å². The minimum absolute atomic E-state index is 0.162. The number of hydrogen-bond donors (Lipinski definition) is 2. The SMILES string of the molecule is CC(CN(C)C(=O)NCCCCOc1ccc(F)cc1)C(=O)O. The van der Waals surface area contributed by atoms with Gasteiger partial charge in [0.05, 0.1) is 12.5 Å². The van der Waals surface area contributed by atoms with E-state index in [-0.39, 0.29) is 18.4 Å². The normalized spacial score (nSPS) is 11.6. The van der Waals surface area contributed by atoms with Gasteiger partial charge in [-0.25, -0.2) is 9.18 Å². The molecule has 1 atom stereocenters. The number of urea groups is 1. The van der Waals surface area contributed by atoms with Crippen LogP contribution >= 0.6 is 0 Å². The molecule has 6 nitrogen and oxygen atoms in total. The quantitative estimate of drug-likeness (QED) is 0.683. The summed E-state index contributed by atoms with van der Waals surface area (Å²) in [6, 6.07) is 5.51. The molecule has 2 N–H and O–H groups in total. The van der Waals surface area contributed by atoms with E-state index >= 15 is 0 Å². The Morgan fingerprint density at radius 1 is 1.30 bits per heavy atom. The van der Waals surface area contributed by atoms with E-state index in [4.69, 9.17) is 9.84 Å². The summed E-state index contributed by atoms with van der Waals surface area (Å²) in [4.78, 5) is 23.8. The highest BCUT2D eigenvalue weighted by atomic mass is 19.1. The number of unbranched alkanes of at least 4 members (excludes halogenated alkanes) is 1. The van der Waals surface area contributed by atoms with E-state index in [1.54, 1.807) is 26.1 Å². The lowest BCUT2D eigenvalue weighted by Gasteiger charge is -2.20. The maximum Gasteiger partial charge on any atom is 0.317 e. The first kappa shape index (κ1) is 18.7. The molecule has 1 rings (SSSR count). The molecule has 2 amide bonds. The number of hydrogen-bond acceptors (Lipinski definition) is 3. The number of benzene rings is 1. The number of nitrogens with zero attached hydrogens (tertiary/aromatic N) is 1. The van der Waals surface area contributed by atoms with E-state index in [0.29, 0.717) is 18.9 Å². The molecule has 0 saturated carbocycles. The van der Waals surface area contributed by atoms with Crippen LogP contribution in [-0.4, -0.2) is 48.8 Å². The van der Waals surface area contributed by atoms with Crippen LogP contribution < -0.4 is 10.1 Å². The van der Waals surface area contributed by atoms with Crippen molar-refractivity contribution in [3.63, 3.8) is 0 Å². The van der Waals surface area contributed by atoms with E-state index in [2.05, 4.69) is 5.32 Å². The second kappa shape index (κ2) is 9.66. The fourth-order valence-electron chi connectivity index (χ4n) is 1.85. The van der Waals surface area contributed by atoms with Crippen molar-refractivity contribution in [2.45, 2.75) is 19.8 Å². The Morgan fingerprint density at radius 3 is 2.57 bits per heavy atom. The number of nitrogens with one attached hydrogen (secondary N) is 1. The van der Waals surface area contributed by atoms with Gasteiger partial charge in [0.2, 0.25) is 0 Å². The van der Waals surface area contributed by atoms with Crippen molar-refractivity contribution >= 4 is 12.0 Å². The summed E-state index contributed by atoms with van der Waals surface area (Å²) >= 11 is 0. The molecule has 0 aliphatic heterocycles. The van der Waals surface area contributed by atoms with E-state index < -0.39 is 11.9 Å². The number of amides is 2. The number of aliphatic carboxylic acids is 1. The highest BCUT2D eigenvalue weighted by Gasteiger charge is 2.16. The van der Waals surface area contributed by atoms with E-state index in [1.165, 1.54) is 17.0 Å². The zero-order chi connectivity index (χ0) is 17.2. The first-order valence-corrected chi connectivity index (χ1v) is 7.50. The van der Waals surface area contributed by atoms with Crippen LogP contribution in [0.25, 0.3) is 0 Å². The number of carbonyl (C=O) groups excluding carboxylic acids is 1. The molecule has 0 aliphatic carbocycles. The monoisotopic (exact) mass is 326 g/mol. The number of carboxylic acid groups (broad SMARTS) is 1. The first-order valence-electron chi connectivity index (χ1n) is 7.50. The van der Waals surface area contributed by atoms with Crippen LogP contribution in [0.4, 0.5) is 9.18 Å². The topological polar surface area (TPSA) is 78.9 Å². The highest BCUT2D eigenvalue weighted by molar-refractivity contribution is 5.75. The summed E-state index contributed by atoms with van der Waals surface area (Å²) < 4.78 is 18.1. The average Bonchev–Trinajstić information content (AvgIpc) is 2.51. The van der Waals surface area contributed by atoms with Gasteiger partial charge in [0.1, 0.15) is 11.6 Å². The van der Waals surface area contributed by atoms with Gasteiger partial charge < -0.3 is 20.1 Å². The Bertz CT molecular complexity index is 507. The molecule has 0 spiro atoms. The Morgan fingerprint density at radius 2 is 1.96 bits per heavy atom. The van der Waals surface area contributed by atoms with E-state index in [9.17, 15) is 14.0 Å². The van der Waals surface area contributed by atoms with Crippen molar-refractivity contribution in [1.82, 2.24) is 10.2 Å². The first-order chi connectivity index (χ1) is 10.9. The van der Waals surface area contributed by atoms with Gasteiger partial charge in [-0.15, -0.1) is 0 Å². The average molecular weight is 326 g/mol. The largest absolute Gasteiger partial charge is 0.494 e. The molecular formula is C16H23FN2O4. The summed E-state index contributed by atoms with van der Waals surface area (Å²) in [5.74, 6) is -1.23. The second-order valence-corrected chi connectivity index (χ2v) is 5.36. The lowest BCUT2D eigenvalue weighted by molar-refractivity contribution is -0.141. The zero-order valence-corrected chi connectivity index (χ0v) is 13.4. The van der Waals surface area contributed by atoms with Gasteiger partial charge in [0, 0.05) is 20.1 Å². The van der Waals surface area contributed by atoms with Crippen molar-refractivity contribution in [3.05, 3.63) is 30.1 Å². The molecule has 23 heavy (non-hydrogen) atoms. The van der Waals surface area contributed by atoms with Crippen LogP contribution in [-0.2, 0) is 4.79 Å². The summed E-state index contributed by atoms with van der Waals surface area (Å²) in [5.41, 5.74) is 0. The Hall–Kier alpha value is -2.31. The van der Waals surface area contributed by atoms with Gasteiger partial charge in [-0.2, -0.15) is 0 Å². The second-order valence-electron chi connectivity index (χ2n) is 5.36. The van der Waals surface area contributed by atoms with Gasteiger partial charge in [-0.05, 0) is 37.1 Å². The molecule has 1 unspecified atom stereocenters. The molecule has 0 bridgehead atoms. The van der Waals surface area contributed by atoms with Crippen LogP contribution in [0.3, 0.4) is 0 Å². The van der Waals surface area contributed by atoms with Crippen LogP contribution in [0.2, 0.25) is 0 Å². The molecule has 7 heteroatoms. The predicted octanol–water partition coefficient (Wildman–Crippen LogP) is 2.35. The lowest BCUT2D eigenvalue weighted by atomic mass is 10.2. The van der Waals surface area contributed by atoms with E-state index in [0.717, 1.165) is 12.8 Å². The van der Waals surface area contributed by atoms with Crippen molar-refractivity contribution < 1.29 is 23.8 Å². The smallest absolute Gasteiger partial charge is 0.317 e. The van der Waals surface area contributed by atoms with Crippen molar-refractivity contribution in [1.29, 1.82) is 0 Å². The third kappa shape index (κ3) is 7.49. The maximum atomic E-state index is 12.7. The van der Waals surface area contributed by atoms with E-state index in [1.807, 2.05) is 0 Å². The van der Waals surface area contributed by atoms with Crippen LogP contribution in [0, 0.1) is 11.7 Å². The minimum Gasteiger partial charge on any atom is -0.494 e. The molecule has 0 saturated heterocycles. The fourth-order valence-corrected chi connectivity index (χ4v) is 1.85. The molecule has 0 heterocycles. The van der Waals surface area contributed by atoms with Gasteiger partial charge in [0.15, 0.2) is 0 Å². The van der Waals surface area contributed by atoms with Crippen LogP contribution in [0.15, 0.2) is 24.3 Å². The standard InChI is InChI=1S/C16H23FN2O4/c1-12(15(20)21)11-19(2)16(22)18-9-3-4-10-23-14-7-5-13(17)6-8-14/h5-8,12H,3-4,9-11H2,1-2H3,(H,18,22)(H,20,21). The van der Waals surface area contributed by atoms with Crippen molar-refractivity contribution in [2.24, 2.45) is 5.92 Å². The molecular weight excluding hydrogens is 303 g/mol. The minimum atomic E-state index is -0.928. The molecule has 0 radical (unpaired) electrons. The fraction of sp³-hybridized carbons (Fsp3) is 0.500. The molecule has 0 aromatic heterocycles. The number of halogens is 1. The van der Waals surface area contributed by atoms with Gasteiger partial charge in [0.25, 0.3) is 0 Å².